The molecule has 1 amide bonds. The van der Waals surface area contributed by atoms with E-state index in [9.17, 15) is 18.4 Å². The van der Waals surface area contributed by atoms with E-state index in [4.69, 9.17) is 9.84 Å². The molecule has 2 aromatic rings. The Labute approximate surface area is 162 Å². The maximum Gasteiger partial charge on any atom is 0.274 e. The Morgan fingerprint density at radius 2 is 1.96 bits per heavy atom. The van der Waals surface area contributed by atoms with E-state index >= 15 is 0 Å². The fourth-order valence-corrected chi connectivity index (χ4v) is 3.39. The zero-order valence-electron chi connectivity index (χ0n) is 16.1. The van der Waals surface area contributed by atoms with Gasteiger partial charge in [0, 0.05) is 42.4 Å². The summed E-state index contributed by atoms with van der Waals surface area (Å²) < 4.78 is 35.3. The molecule has 1 aromatic carbocycles. The largest absolute Gasteiger partial charge is 0.497 e. The van der Waals surface area contributed by atoms with Crippen molar-refractivity contribution >= 4 is 12.1 Å². The Kier molecular flexibility index (Phi) is 7.28. The molecule has 0 bridgehead atoms. The molecule has 0 fully saturated rings. The Hall–Kier alpha value is -2.74. The van der Waals surface area contributed by atoms with Crippen molar-refractivity contribution in [2.24, 2.45) is 0 Å². The van der Waals surface area contributed by atoms with Crippen LogP contribution < -0.4 is 15.2 Å². The van der Waals surface area contributed by atoms with E-state index in [0.717, 1.165) is 12.1 Å². The number of aliphatic hydroxyl groups excluding tert-OH is 1. The van der Waals surface area contributed by atoms with Crippen molar-refractivity contribution in [1.29, 1.82) is 0 Å². The number of ether oxygens (including phenoxy) is 1. The van der Waals surface area contributed by atoms with Crippen molar-refractivity contribution in [3.63, 3.8) is 0 Å². The minimum atomic E-state index is -0.771. The van der Waals surface area contributed by atoms with Crippen LogP contribution in [0.25, 0.3) is 0 Å². The fraction of sp³-hybridized carbons (Fsp3) is 0.400. The predicted octanol–water partition coefficient (Wildman–Crippen LogP) is 2.67. The Bertz CT molecular complexity index is 862. The van der Waals surface area contributed by atoms with Gasteiger partial charge in [-0.3, -0.25) is 9.59 Å². The molecule has 0 saturated heterocycles. The molecule has 2 unspecified atom stereocenters. The van der Waals surface area contributed by atoms with Crippen molar-refractivity contribution in [3.05, 3.63) is 58.0 Å². The summed E-state index contributed by atoms with van der Waals surface area (Å²) in [5.41, 5.74) is -0.554. The minimum absolute atomic E-state index is 0.0587. The number of methoxy groups -OCH3 is 1. The number of pyridine rings is 1. The van der Waals surface area contributed by atoms with Gasteiger partial charge in [0.1, 0.15) is 23.1 Å². The molecule has 0 radical (unpaired) electrons. The van der Waals surface area contributed by atoms with Crippen LogP contribution in [0.15, 0.2) is 35.3 Å². The van der Waals surface area contributed by atoms with Gasteiger partial charge in [0.05, 0.1) is 13.7 Å². The van der Waals surface area contributed by atoms with Gasteiger partial charge in [-0.15, -0.1) is 0 Å². The van der Waals surface area contributed by atoms with Gasteiger partial charge in [-0.25, -0.2) is 8.78 Å². The second-order valence-corrected chi connectivity index (χ2v) is 6.39. The number of amides is 1. The van der Waals surface area contributed by atoms with Crippen LogP contribution >= 0.6 is 0 Å². The molecule has 0 aliphatic rings. The molecule has 6 nitrogen and oxygen atoms in total. The highest BCUT2D eigenvalue weighted by atomic mass is 19.1. The number of carbonyl (C=O) groups is 1. The van der Waals surface area contributed by atoms with Gasteiger partial charge in [0.25, 0.3) is 5.56 Å². The monoisotopic (exact) mass is 394 g/mol. The highest BCUT2D eigenvalue weighted by molar-refractivity contribution is 5.75. The summed E-state index contributed by atoms with van der Waals surface area (Å²) in [5, 5.41) is 9.08. The number of nitrogens with zero attached hydrogens (tertiary/aromatic N) is 2. The lowest BCUT2D eigenvalue weighted by Gasteiger charge is -2.32. The number of carbonyl (C=O) groups excluding carboxylic acids is 1. The zero-order valence-corrected chi connectivity index (χ0v) is 16.1. The van der Waals surface area contributed by atoms with E-state index in [2.05, 4.69) is 0 Å². The molecule has 2 rings (SSSR count). The Morgan fingerprint density at radius 3 is 2.46 bits per heavy atom. The lowest BCUT2D eigenvalue weighted by molar-refractivity contribution is -0.107. The molecule has 0 aliphatic carbocycles. The zero-order chi connectivity index (χ0) is 20.8. The van der Waals surface area contributed by atoms with Crippen molar-refractivity contribution in [1.82, 2.24) is 4.57 Å². The molecule has 0 saturated carbocycles. The number of hydrogen-bond donors (Lipinski definition) is 1. The number of aliphatic hydroxyl groups is 1. The van der Waals surface area contributed by atoms with Crippen LogP contribution in [0.1, 0.15) is 31.7 Å². The van der Waals surface area contributed by atoms with Gasteiger partial charge in [-0.2, -0.15) is 0 Å². The van der Waals surface area contributed by atoms with E-state index in [1.807, 2.05) is 0 Å². The quantitative estimate of drug-likeness (QED) is 0.664. The topological polar surface area (TPSA) is 71.8 Å². The first kappa shape index (κ1) is 21.6. The molecule has 1 N–H and O–H groups in total. The van der Waals surface area contributed by atoms with Crippen molar-refractivity contribution in [3.8, 4) is 5.75 Å². The van der Waals surface area contributed by atoms with Crippen LogP contribution in [0, 0.1) is 11.6 Å². The summed E-state index contributed by atoms with van der Waals surface area (Å²) in [5.74, 6) is -2.18. The lowest BCUT2D eigenvalue weighted by Crippen LogP contribution is -2.41. The van der Waals surface area contributed by atoms with Crippen molar-refractivity contribution in [2.75, 3.05) is 18.6 Å². The number of halogens is 2. The van der Waals surface area contributed by atoms with Gasteiger partial charge in [0.15, 0.2) is 0 Å². The maximum atomic E-state index is 14.6. The van der Waals surface area contributed by atoms with E-state index in [0.29, 0.717) is 12.8 Å². The molecule has 0 spiro atoms. The van der Waals surface area contributed by atoms with Crippen LogP contribution in [0.3, 0.4) is 0 Å². The summed E-state index contributed by atoms with van der Waals surface area (Å²) in [4.78, 5) is 25.6. The molecule has 152 valence electrons. The predicted molar refractivity (Wildman–Crippen MR) is 102 cm³/mol. The summed E-state index contributed by atoms with van der Waals surface area (Å²) >= 11 is 0. The van der Waals surface area contributed by atoms with Crippen LogP contribution in [0.2, 0.25) is 0 Å². The first-order valence-corrected chi connectivity index (χ1v) is 8.96. The van der Waals surface area contributed by atoms with Gasteiger partial charge in [0.2, 0.25) is 6.41 Å². The fourth-order valence-electron chi connectivity index (χ4n) is 3.39. The molecular weight excluding hydrogens is 370 g/mol. The van der Waals surface area contributed by atoms with Crippen molar-refractivity contribution in [2.45, 2.75) is 38.8 Å². The van der Waals surface area contributed by atoms with Crippen molar-refractivity contribution < 1.29 is 23.4 Å². The lowest BCUT2D eigenvalue weighted by atomic mass is 9.88. The molecule has 28 heavy (non-hydrogen) atoms. The highest BCUT2D eigenvalue weighted by Gasteiger charge is 2.30. The second kappa shape index (κ2) is 9.45. The SMILES string of the molecule is CCC(c1c(F)cc(OC)cc1F)C(C)N(C=O)c1cccn(CCO)c1=O. The number of benzene rings is 1. The molecule has 1 aromatic heterocycles. The van der Waals surface area contributed by atoms with Gasteiger partial charge >= 0.3 is 0 Å². The van der Waals surface area contributed by atoms with Gasteiger partial charge in [-0.1, -0.05) is 6.92 Å². The van der Waals surface area contributed by atoms with Crippen LogP contribution in [0.5, 0.6) is 5.75 Å². The van der Waals surface area contributed by atoms with Crippen LogP contribution in [-0.4, -0.2) is 35.8 Å². The standard InChI is InChI=1S/C20H24F2N2O4/c1-4-15(19-16(21)10-14(28-3)11-17(19)22)13(2)24(12-26)18-6-5-7-23(8-9-25)20(18)27/h5-7,10-13,15,25H,4,8-9H2,1-3H3. The third-order valence-corrected chi connectivity index (χ3v) is 4.85. The third-order valence-electron chi connectivity index (χ3n) is 4.85. The number of aromatic nitrogens is 1. The highest BCUT2D eigenvalue weighted by Crippen LogP contribution is 2.33. The summed E-state index contributed by atoms with van der Waals surface area (Å²) in [6.07, 6.45) is 2.31. The first-order valence-electron chi connectivity index (χ1n) is 8.96. The molecule has 2 atom stereocenters. The summed E-state index contributed by atoms with van der Waals surface area (Å²) in [6.45, 7) is 3.23. The maximum absolute atomic E-state index is 14.6. The van der Waals surface area contributed by atoms with E-state index in [1.165, 1.54) is 28.8 Å². The minimum Gasteiger partial charge on any atom is -0.497 e. The van der Waals surface area contributed by atoms with E-state index < -0.39 is 29.2 Å². The molecule has 0 aliphatic heterocycles. The normalized spacial score (nSPS) is 13.1. The first-order chi connectivity index (χ1) is 13.4. The van der Waals surface area contributed by atoms with E-state index in [-0.39, 0.29) is 30.2 Å². The molecule has 1 heterocycles. The van der Waals surface area contributed by atoms with E-state index in [1.54, 1.807) is 19.9 Å². The molecular formula is C20H24F2N2O4. The number of rotatable bonds is 9. The number of anilines is 1. The molecule has 8 heteroatoms. The second-order valence-electron chi connectivity index (χ2n) is 6.39. The van der Waals surface area contributed by atoms with Gasteiger partial charge < -0.3 is 19.3 Å². The summed E-state index contributed by atoms with van der Waals surface area (Å²) in [6, 6.07) is 4.53. The number of hydrogen-bond acceptors (Lipinski definition) is 4. The van der Waals surface area contributed by atoms with Crippen LogP contribution in [0.4, 0.5) is 14.5 Å². The Balaban J connectivity index is 2.49. The smallest absolute Gasteiger partial charge is 0.274 e. The Morgan fingerprint density at radius 1 is 1.32 bits per heavy atom. The van der Waals surface area contributed by atoms with Crippen LogP contribution in [-0.2, 0) is 11.3 Å². The average molecular weight is 394 g/mol. The third kappa shape index (κ3) is 4.22. The average Bonchev–Trinajstić information content (AvgIpc) is 2.67. The summed E-state index contributed by atoms with van der Waals surface area (Å²) in [7, 11) is 1.31. The van der Waals surface area contributed by atoms with Gasteiger partial charge in [-0.05, 0) is 25.5 Å².